The lowest BCUT2D eigenvalue weighted by molar-refractivity contribution is -0.132. The number of rotatable bonds is 4. The largest absolute Gasteiger partial charge is 0.343 e. The predicted molar refractivity (Wildman–Crippen MR) is 125 cm³/mol. The highest BCUT2D eigenvalue weighted by Gasteiger charge is 2.28. The molecule has 2 aromatic heterocycles. The van der Waals surface area contributed by atoms with Gasteiger partial charge in [0.25, 0.3) is 0 Å². The highest BCUT2D eigenvalue weighted by Crippen LogP contribution is 2.28. The molecule has 1 fully saturated rings. The molecule has 4 heterocycles. The van der Waals surface area contributed by atoms with E-state index >= 15 is 0 Å². The summed E-state index contributed by atoms with van der Waals surface area (Å²) < 4.78 is 2.27. The summed E-state index contributed by atoms with van der Waals surface area (Å²) in [5.74, 6) is 2.80. The van der Waals surface area contributed by atoms with Crippen molar-refractivity contribution in [2.75, 3.05) is 19.6 Å². The van der Waals surface area contributed by atoms with E-state index in [0.29, 0.717) is 12.3 Å². The summed E-state index contributed by atoms with van der Waals surface area (Å²) in [7, 11) is 0. The SMILES string of the molecule is Cl.Cl.O=C(CCc1ccnc2ccccc12)N1CCC(c2nnc3n2CCNC3)CC1. The summed E-state index contributed by atoms with van der Waals surface area (Å²) in [6.45, 7) is 4.33. The standard InChI is InChI=1S/C22H26N6O.2ClH/c29-21(6-5-16-7-10-24-19-4-2-1-3-18(16)19)27-12-8-17(9-13-27)22-26-25-20-15-23-11-14-28(20)22;;/h1-4,7,10,17,23H,5-6,8-9,11-15H2;2*1H. The fourth-order valence-corrected chi connectivity index (χ4v) is 4.58. The molecule has 2 aliphatic heterocycles. The van der Waals surface area contributed by atoms with Crippen LogP contribution in [0.15, 0.2) is 36.5 Å². The van der Waals surface area contributed by atoms with Crippen molar-refractivity contribution in [2.24, 2.45) is 0 Å². The molecule has 0 atom stereocenters. The number of carbonyl (C=O) groups is 1. The molecule has 0 aliphatic carbocycles. The first kappa shape index (κ1) is 23.4. The summed E-state index contributed by atoms with van der Waals surface area (Å²) in [5.41, 5.74) is 2.19. The molecular weight excluding hydrogens is 435 g/mol. The highest BCUT2D eigenvalue weighted by atomic mass is 35.5. The topological polar surface area (TPSA) is 75.9 Å². The Morgan fingerprint density at radius 3 is 2.71 bits per heavy atom. The van der Waals surface area contributed by atoms with Crippen molar-refractivity contribution >= 4 is 41.6 Å². The van der Waals surface area contributed by atoms with Gasteiger partial charge in [-0.3, -0.25) is 9.78 Å². The van der Waals surface area contributed by atoms with E-state index in [0.717, 1.165) is 74.5 Å². The first-order valence-corrected chi connectivity index (χ1v) is 10.5. The van der Waals surface area contributed by atoms with Crippen LogP contribution in [0, 0.1) is 0 Å². The predicted octanol–water partition coefficient (Wildman–Crippen LogP) is 3.11. The summed E-state index contributed by atoms with van der Waals surface area (Å²) in [6.07, 6.45) is 5.07. The van der Waals surface area contributed by atoms with Gasteiger partial charge in [-0.25, -0.2) is 0 Å². The average Bonchev–Trinajstić information content (AvgIpc) is 3.22. The van der Waals surface area contributed by atoms with Crippen LogP contribution in [0.25, 0.3) is 10.9 Å². The summed E-state index contributed by atoms with van der Waals surface area (Å²) >= 11 is 0. The van der Waals surface area contributed by atoms with Gasteiger partial charge in [0.1, 0.15) is 11.6 Å². The number of amides is 1. The summed E-state index contributed by atoms with van der Waals surface area (Å²) in [6, 6.07) is 10.2. The van der Waals surface area contributed by atoms with Gasteiger partial charge >= 0.3 is 0 Å². The number of hydrogen-bond acceptors (Lipinski definition) is 5. The molecule has 3 aromatic rings. The number of aromatic nitrogens is 4. The van der Waals surface area contributed by atoms with Crippen LogP contribution < -0.4 is 5.32 Å². The van der Waals surface area contributed by atoms with Crippen molar-refractivity contribution in [2.45, 2.75) is 44.7 Å². The van der Waals surface area contributed by atoms with Gasteiger partial charge in [-0.1, -0.05) is 18.2 Å². The molecule has 0 unspecified atom stereocenters. The highest BCUT2D eigenvalue weighted by molar-refractivity contribution is 5.85. The van der Waals surface area contributed by atoms with E-state index in [2.05, 4.69) is 31.1 Å². The first-order chi connectivity index (χ1) is 14.3. The van der Waals surface area contributed by atoms with Crippen LogP contribution in [-0.2, 0) is 24.3 Å². The van der Waals surface area contributed by atoms with Crippen LogP contribution in [0.5, 0.6) is 0 Å². The maximum atomic E-state index is 12.8. The Bertz CT molecular complexity index is 1030. The van der Waals surface area contributed by atoms with Crippen LogP contribution in [0.1, 0.15) is 42.4 Å². The molecule has 0 bridgehead atoms. The lowest BCUT2D eigenvalue weighted by atomic mass is 9.95. The van der Waals surface area contributed by atoms with E-state index in [-0.39, 0.29) is 30.7 Å². The average molecular weight is 463 g/mol. The van der Waals surface area contributed by atoms with Crippen molar-refractivity contribution in [3.8, 4) is 0 Å². The molecule has 1 amide bonds. The maximum absolute atomic E-state index is 12.8. The second kappa shape index (κ2) is 10.4. The van der Waals surface area contributed by atoms with Crippen LogP contribution in [0.3, 0.4) is 0 Å². The Balaban J connectivity index is 0.00000136. The van der Waals surface area contributed by atoms with Crippen molar-refractivity contribution < 1.29 is 4.79 Å². The van der Waals surface area contributed by atoms with Gasteiger partial charge < -0.3 is 14.8 Å². The monoisotopic (exact) mass is 462 g/mol. The molecular formula is C22H28Cl2N6O. The van der Waals surface area contributed by atoms with Gasteiger partial charge in [0.05, 0.1) is 12.1 Å². The number of carbonyl (C=O) groups excluding carboxylic acids is 1. The molecule has 0 saturated carbocycles. The molecule has 0 radical (unpaired) electrons. The van der Waals surface area contributed by atoms with E-state index in [9.17, 15) is 4.79 Å². The third-order valence-corrected chi connectivity index (χ3v) is 6.21. The van der Waals surface area contributed by atoms with E-state index in [4.69, 9.17) is 0 Å². The van der Waals surface area contributed by atoms with Crippen molar-refractivity contribution in [3.05, 3.63) is 53.7 Å². The minimum atomic E-state index is 0. The second-order valence-corrected chi connectivity index (χ2v) is 7.95. The molecule has 2 aliphatic rings. The Morgan fingerprint density at radius 1 is 1.06 bits per heavy atom. The van der Waals surface area contributed by atoms with E-state index in [1.807, 2.05) is 35.4 Å². The number of nitrogens with one attached hydrogen (secondary N) is 1. The zero-order valence-electron chi connectivity index (χ0n) is 17.4. The van der Waals surface area contributed by atoms with Crippen molar-refractivity contribution in [1.29, 1.82) is 0 Å². The van der Waals surface area contributed by atoms with Gasteiger partial charge in [-0.05, 0) is 37.0 Å². The number of hydrogen-bond donors (Lipinski definition) is 1. The normalized spacial score (nSPS) is 16.3. The van der Waals surface area contributed by atoms with Gasteiger partial charge in [0.15, 0.2) is 0 Å². The minimum absolute atomic E-state index is 0. The zero-order chi connectivity index (χ0) is 19.6. The molecule has 1 N–H and O–H groups in total. The number of fused-ring (bicyclic) bond motifs is 2. The zero-order valence-corrected chi connectivity index (χ0v) is 19.0. The molecule has 31 heavy (non-hydrogen) atoms. The molecule has 0 spiro atoms. The molecule has 1 saturated heterocycles. The number of aryl methyl sites for hydroxylation is 1. The number of para-hydroxylation sites is 1. The number of likely N-dealkylation sites (tertiary alicyclic amines) is 1. The van der Waals surface area contributed by atoms with E-state index in [1.165, 1.54) is 5.56 Å². The Morgan fingerprint density at radius 2 is 1.87 bits per heavy atom. The number of nitrogens with zero attached hydrogens (tertiary/aromatic N) is 5. The van der Waals surface area contributed by atoms with Crippen molar-refractivity contribution in [1.82, 2.24) is 30.0 Å². The van der Waals surface area contributed by atoms with E-state index < -0.39 is 0 Å². The van der Waals surface area contributed by atoms with Gasteiger partial charge in [-0.2, -0.15) is 0 Å². The minimum Gasteiger partial charge on any atom is -0.343 e. The molecule has 1 aromatic carbocycles. The molecule has 5 rings (SSSR count). The Hall–Kier alpha value is -2.22. The maximum Gasteiger partial charge on any atom is 0.222 e. The molecule has 9 heteroatoms. The first-order valence-electron chi connectivity index (χ1n) is 10.5. The van der Waals surface area contributed by atoms with Gasteiger partial charge in [0.2, 0.25) is 5.91 Å². The fourth-order valence-electron chi connectivity index (χ4n) is 4.58. The Labute approximate surface area is 194 Å². The Kier molecular flexibility index (Phi) is 7.86. The van der Waals surface area contributed by atoms with Crippen LogP contribution >= 0.6 is 24.8 Å². The smallest absolute Gasteiger partial charge is 0.222 e. The third kappa shape index (κ3) is 4.84. The lowest BCUT2D eigenvalue weighted by Gasteiger charge is -2.32. The fraction of sp³-hybridized carbons (Fsp3) is 0.455. The molecule has 166 valence electrons. The van der Waals surface area contributed by atoms with Crippen LogP contribution in [0.4, 0.5) is 0 Å². The number of halogens is 2. The van der Waals surface area contributed by atoms with E-state index in [1.54, 1.807) is 0 Å². The second-order valence-electron chi connectivity index (χ2n) is 7.95. The summed E-state index contributed by atoms with van der Waals surface area (Å²) in [4.78, 5) is 19.2. The summed E-state index contributed by atoms with van der Waals surface area (Å²) in [5, 5.41) is 13.3. The molecule has 7 nitrogen and oxygen atoms in total. The quantitative estimate of drug-likeness (QED) is 0.644. The van der Waals surface area contributed by atoms with Crippen LogP contribution in [0.2, 0.25) is 0 Å². The lowest BCUT2D eigenvalue weighted by Crippen LogP contribution is -2.39. The van der Waals surface area contributed by atoms with Crippen molar-refractivity contribution in [3.63, 3.8) is 0 Å². The number of piperidine rings is 1. The number of pyridine rings is 1. The van der Waals surface area contributed by atoms with Crippen LogP contribution in [-0.4, -0.2) is 50.2 Å². The third-order valence-electron chi connectivity index (χ3n) is 6.21. The number of benzene rings is 1. The van der Waals surface area contributed by atoms with Gasteiger partial charge in [-0.15, -0.1) is 35.0 Å². The van der Waals surface area contributed by atoms with Gasteiger partial charge in [0, 0.05) is 50.1 Å².